The van der Waals surface area contributed by atoms with Gasteiger partial charge in [0.1, 0.15) is 11.6 Å². The third-order valence-electron chi connectivity index (χ3n) is 5.45. The second-order valence-electron chi connectivity index (χ2n) is 7.39. The van der Waals surface area contributed by atoms with Crippen molar-refractivity contribution in [3.05, 3.63) is 93.2 Å². The zero-order chi connectivity index (χ0) is 23.3. The van der Waals surface area contributed by atoms with E-state index in [9.17, 15) is 19.1 Å². The molecule has 33 heavy (non-hydrogen) atoms. The van der Waals surface area contributed by atoms with Gasteiger partial charge in [-0.3, -0.25) is 14.5 Å². The Balaban J connectivity index is 1.71. The minimum Gasteiger partial charge on any atom is -0.507 e. The second kappa shape index (κ2) is 8.10. The molecule has 2 heterocycles. The van der Waals surface area contributed by atoms with Crippen LogP contribution >= 0.6 is 23.2 Å². The van der Waals surface area contributed by atoms with Crippen LogP contribution in [0.15, 0.2) is 66.2 Å². The molecule has 1 N–H and O–H groups in total. The number of anilines is 1. The Labute approximate surface area is 197 Å². The van der Waals surface area contributed by atoms with Gasteiger partial charge in [0.25, 0.3) is 11.7 Å². The topological polar surface area (TPSA) is 76.1 Å². The van der Waals surface area contributed by atoms with E-state index in [2.05, 4.69) is 0 Å². The Morgan fingerprint density at radius 1 is 0.939 bits per heavy atom. The van der Waals surface area contributed by atoms with Crippen LogP contribution in [-0.2, 0) is 9.59 Å². The second-order valence-corrected chi connectivity index (χ2v) is 8.20. The van der Waals surface area contributed by atoms with E-state index in [4.69, 9.17) is 32.7 Å². The van der Waals surface area contributed by atoms with Crippen molar-refractivity contribution < 1.29 is 28.6 Å². The number of carbonyl (C=O) groups excluding carboxylic acids is 2. The van der Waals surface area contributed by atoms with Crippen molar-refractivity contribution >= 4 is 46.3 Å². The van der Waals surface area contributed by atoms with E-state index in [1.807, 2.05) is 0 Å². The molecular weight excluding hydrogens is 472 g/mol. The van der Waals surface area contributed by atoms with Crippen LogP contribution in [0.25, 0.3) is 5.76 Å². The lowest BCUT2D eigenvalue weighted by Gasteiger charge is -2.25. The lowest BCUT2D eigenvalue weighted by Crippen LogP contribution is -2.29. The van der Waals surface area contributed by atoms with Crippen molar-refractivity contribution in [3.63, 3.8) is 0 Å². The van der Waals surface area contributed by atoms with E-state index in [1.54, 1.807) is 18.2 Å². The number of ether oxygens (including phenoxy) is 2. The van der Waals surface area contributed by atoms with E-state index in [1.165, 1.54) is 47.4 Å². The molecule has 2 aliphatic heterocycles. The number of amides is 1. The number of halogens is 3. The largest absolute Gasteiger partial charge is 0.507 e. The molecule has 9 heteroatoms. The van der Waals surface area contributed by atoms with E-state index < -0.39 is 29.3 Å². The first-order valence-electron chi connectivity index (χ1n) is 9.76. The molecule has 3 aromatic carbocycles. The number of nitrogens with zero attached hydrogens (tertiary/aromatic N) is 1. The van der Waals surface area contributed by atoms with Crippen LogP contribution < -0.4 is 14.4 Å². The monoisotopic (exact) mass is 485 g/mol. The van der Waals surface area contributed by atoms with Crippen LogP contribution in [-0.4, -0.2) is 23.6 Å². The standard InChI is InChI=1S/C24H14Cl2FNO5/c25-16-7-1-12(9-17(16)26)21-20(22(29)13-2-8-18-19(10-13)33-11-32-18)23(30)24(31)28(21)15-5-3-14(27)4-6-15/h1-10,21,29H,11H2/b22-20-. The van der Waals surface area contributed by atoms with Crippen molar-refractivity contribution in [3.8, 4) is 11.5 Å². The molecule has 2 aliphatic rings. The van der Waals surface area contributed by atoms with Crippen LogP contribution in [0.4, 0.5) is 10.1 Å². The fourth-order valence-electron chi connectivity index (χ4n) is 3.90. The lowest BCUT2D eigenvalue weighted by molar-refractivity contribution is -0.132. The van der Waals surface area contributed by atoms with Gasteiger partial charge in [0.05, 0.1) is 21.7 Å². The molecule has 0 spiro atoms. The minimum atomic E-state index is -1.03. The molecule has 5 rings (SSSR count). The van der Waals surface area contributed by atoms with Crippen molar-refractivity contribution in [1.29, 1.82) is 0 Å². The molecule has 1 fully saturated rings. The van der Waals surface area contributed by atoms with Crippen LogP contribution in [0.3, 0.4) is 0 Å². The van der Waals surface area contributed by atoms with Crippen LogP contribution in [0.5, 0.6) is 11.5 Å². The molecule has 1 atom stereocenters. The summed E-state index contributed by atoms with van der Waals surface area (Å²) in [5, 5.41) is 11.7. The first kappa shape index (κ1) is 21.3. The van der Waals surface area contributed by atoms with Crippen molar-refractivity contribution in [2.24, 2.45) is 0 Å². The number of ketones is 1. The van der Waals surface area contributed by atoms with Gasteiger partial charge in [-0.05, 0) is 60.2 Å². The SMILES string of the molecule is O=C1C(=O)N(c2ccc(F)cc2)C(c2ccc(Cl)c(Cl)c2)/C1=C(/O)c1ccc2c(c1)OCO2. The number of fused-ring (bicyclic) bond motifs is 1. The molecular formula is C24H14Cl2FNO5. The van der Waals surface area contributed by atoms with Crippen LogP contribution in [0.1, 0.15) is 17.2 Å². The number of carbonyl (C=O) groups is 2. The average Bonchev–Trinajstić information content (AvgIpc) is 3.38. The summed E-state index contributed by atoms with van der Waals surface area (Å²) in [7, 11) is 0. The lowest BCUT2D eigenvalue weighted by atomic mass is 9.95. The molecule has 6 nitrogen and oxygen atoms in total. The van der Waals surface area contributed by atoms with Gasteiger partial charge in [-0.1, -0.05) is 29.3 Å². The number of benzene rings is 3. The summed E-state index contributed by atoms with van der Waals surface area (Å²) in [6.07, 6.45) is 0. The minimum absolute atomic E-state index is 0.0395. The molecule has 0 aromatic heterocycles. The number of hydrogen-bond donors (Lipinski definition) is 1. The summed E-state index contributed by atoms with van der Waals surface area (Å²) < 4.78 is 24.2. The molecule has 0 saturated carbocycles. The molecule has 3 aromatic rings. The predicted octanol–water partition coefficient (Wildman–Crippen LogP) is 5.49. The molecule has 0 bridgehead atoms. The molecule has 166 valence electrons. The Kier molecular flexibility index (Phi) is 5.23. The number of aliphatic hydroxyl groups is 1. The van der Waals surface area contributed by atoms with Gasteiger partial charge in [0.15, 0.2) is 11.5 Å². The van der Waals surface area contributed by atoms with Crippen molar-refractivity contribution in [1.82, 2.24) is 0 Å². The fourth-order valence-corrected chi connectivity index (χ4v) is 4.20. The molecule has 1 saturated heterocycles. The highest BCUT2D eigenvalue weighted by atomic mass is 35.5. The zero-order valence-corrected chi connectivity index (χ0v) is 18.2. The van der Waals surface area contributed by atoms with E-state index in [0.29, 0.717) is 17.1 Å². The Morgan fingerprint density at radius 2 is 1.67 bits per heavy atom. The Morgan fingerprint density at radius 3 is 2.39 bits per heavy atom. The molecule has 0 radical (unpaired) electrons. The number of aliphatic hydroxyl groups excluding tert-OH is 1. The highest BCUT2D eigenvalue weighted by molar-refractivity contribution is 6.51. The zero-order valence-electron chi connectivity index (χ0n) is 16.7. The Bertz CT molecular complexity index is 1340. The van der Waals surface area contributed by atoms with Gasteiger partial charge in [0, 0.05) is 11.3 Å². The number of rotatable bonds is 3. The normalized spacial score (nSPS) is 18.8. The first-order chi connectivity index (χ1) is 15.8. The highest BCUT2D eigenvalue weighted by Gasteiger charge is 2.47. The Hall–Kier alpha value is -3.55. The van der Waals surface area contributed by atoms with E-state index in [0.717, 1.165) is 0 Å². The third kappa shape index (κ3) is 3.59. The van der Waals surface area contributed by atoms with E-state index in [-0.39, 0.29) is 33.7 Å². The van der Waals surface area contributed by atoms with Crippen LogP contribution in [0.2, 0.25) is 10.0 Å². The number of hydrogen-bond acceptors (Lipinski definition) is 5. The van der Waals surface area contributed by atoms with E-state index >= 15 is 0 Å². The predicted molar refractivity (Wildman–Crippen MR) is 120 cm³/mol. The summed E-state index contributed by atoms with van der Waals surface area (Å²) in [5.41, 5.74) is 0.831. The maximum atomic E-state index is 13.5. The fraction of sp³-hybridized carbons (Fsp3) is 0.0833. The maximum absolute atomic E-state index is 13.5. The quantitative estimate of drug-likeness (QED) is 0.301. The highest BCUT2D eigenvalue weighted by Crippen LogP contribution is 2.44. The first-order valence-corrected chi connectivity index (χ1v) is 10.5. The van der Waals surface area contributed by atoms with Crippen molar-refractivity contribution in [2.75, 3.05) is 11.7 Å². The van der Waals surface area contributed by atoms with Gasteiger partial charge in [-0.15, -0.1) is 0 Å². The maximum Gasteiger partial charge on any atom is 0.300 e. The summed E-state index contributed by atoms with van der Waals surface area (Å²) in [6.45, 7) is 0.0395. The number of Topliss-reactive ketones (excluding diaryl/α,β-unsaturated/α-hetero) is 1. The van der Waals surface area contributed by atoms with Gasteiger partial charge in [-0.25, -0.2) is 4.39 Å². The molecule has 1 amide bonds. The van der Waals surface area contributed by atoms with Crippen molar-refractivity contribution in [2.45, 2.75) is 6.04 Å². The van der Waals surface area contributed by atoms with Gasteiger partial charge < -0.3 is 14.6 Å². The summed E-state index contributed by atoms with van der Waals surface area (Å²) >= 11 is 12.3. The molecule has 0 aliphatic carbocycles. The molecule has 1 unspecified atom stereocenters. The van der Waals surface area contributed by atoms with Gasteiger partial charge in [-0.2, -0.15) is 0 Å². The smallest absolute Gasteiger partial charge is 0.300 e. The van der Waals surface area contributed by atoms with Gasteiger partial charge >= 0.3 is 0 Å². The van der Waals surface area contributed by atoms with Gasteiger partial charge in [0.2, 0.25) is 6.79 Å². The average molecular weight is 486 g/mol. The van der Waals surface area contributed by atoms with Crippen LogP contribution in [0, 0.1) is 5.82 Å². The third-order valence-corrected chi connectivity index (χ3v) is 6.19. The summed E-state index contributed by atoms with van der Waals surface area (Å²) in [6, 6.07) is 13.4. The summed E-state index contributed by atoms with van der Waals surface area (Å²) in [4.78, 5) is 27.4. The summed E-state index contributed by atoms with van der Waals surface area (Å²) in [5.74, 6) is -1.77.